The van der Waals surface area contributed by atoms with Gasteiger partial charge in [0.1, 0.15) is 11.7 Å². The minimum Gasteiger partial charge on any atom is -0.381 e. The monoisotopic (exact) mass is 1180 g/mol. The van der Waals surface area contributed by atoms with Gasteiger partial charge in [-0.25, -0.2) is 0 Å². The normalized spacial score (nSPS) is 16.2. The first-order valence-electron chi connectivity index (χ1n) is 21.2. The zero-order chi connectivity index (χ0) is 57.0. The van der Waals surface area contributed by atoms with Crippen molar-refractivity contribution in [1.29, 1.82) is 0 Å². The summed E-state index contributed by atoms with van der Waals surface area (Å²) in [7, 11) is -0.169. The predicted octanol–water partition coefficient (Wildman–Crippen LogP) is 14.7. The van der Waals surface area contributed by atoms with Crippen LogP contribution in [0.15, 0.2) is 72.8 Å². The van der Waals surface area contributed by atoms with Gasteiger partial charge in [-0.3, -0.25) is 0 Å². The Morgan fingerprint density at radius 3 is 0.618 bits per heavy atom. The standard InChI is InChI=1S/C32H12BF24.C7H10Si.C5H5.C4H8O.Fe/c34-25(35,36)13-1-14(26(37,38)39)6-21(5-13)33(22-7-15(27(40,41)42)2-16(8-22)28(43,44)45,23-9-17(29(46,47)48)3-18(10-23)30(49,50)51)24-11-19(31(52,53)54)4-20(12-24)32(55,56)57;1-8(2)7-5-3-4-6-7;2*1-2-4-5-3-1;/h1-12H;3-6H,1-2H3;1-5H;1-4H2;/q-1;+1;;;+2. The van der Waals surface area contributed by atoms with E-state index >= 15 is 0 Å². The van der Waals surface area contributed by atoms with E-state index in [1.54, 1.807) is 0 Å². The van der Waals surface area contributed by atoms with Crippen molar-refractivity contribution in [2.24, 2.45) is 0 Å². The summed E-state index contributed by atoms with van der Waals surface area (Å²) in [6.45, 7) is 6.61. The molecule has 0 amide bonds. The van der Waals surface area contributed by atoms with Crippen LogP contribution in [0, 0.1) is 63.3 Å². The van der Waals surface area contributed by atoms with E-state index in [-0.39, 0.29) is 25.9 Å². The van der Waals surface area contributed by atoms with Gasteiger partial charge < -0.3 is 4.74 Å². The Morgan fingerprint density at radius 2 is 0.500 bits per heavy atom. The van der Waals surface area contributed by atoms with Crippen molar-refractivity contribution in [3.63, 3.8) is 0 Å². The van der Waals surface area contributed by atoms with E-state index in [1.165, 1.54) is 18.4 Å². The van der Waals surface area contributed by atoms with Crippen LogP contribution in [0.1, 0.15) is 57.3 Å². The molecule has 7 rings (SSSR count). The number of rotatable bonds is 5. The minimum absolute atomic E-state index is 0. The maximum Gasteiger partial charge on any atom is 2.00 e. The van der Waals surface area contributed by atoms with Crippen molar-refractivity contribution in [1.82, 2.24) is 0 Å². The average Bonchev–Trinajstić information content (AvgIpc) is 4.12. The molecule has 28 heteroatoms. The summed E-state index contributed by atoms with van der Waals surface area (Å²) in [4.78, 5) is 0. The topological polar surface area (TPSA) is 9.23 Å². The zero-order valence-electron chi connectivity index (χ0n) is 38.4. The molecule has 10 radical (unpaired) electrons. The molecule has 1 saturated heterocycles. The van der Waals surface area contributed by atoms with Gasteiger partial charge in [-0.15, -0.1) is 0 Å². The van der Waals surface area contributed by atoms with E-state index in [9.17, 15) is 105 Å². The van der Waals surface area contributed by atoms with Crippen LogP contribution in [-0.2, 0) is 71.2 Å². The second-order valence-corrected chi connectivity index (χ2v) is 19.3. The molecule has 0 N–H and O–H groups in total. The third-order valence-electron chi connectivity index (χ3n) is 11.1. The quantitative estimate of drug-likeness (QED) is 0.143. The second kappa shape index (κ2) is 25.0. The van der Waals surface area contributed by atoms with E-state index in [2.05, 4.69) is 38.8 Å². The van der Waals surface area contributed by atoms with Crippen LogP contribution in [0.25, 0.3) is 0 Å². The second-order valence-electron chi connectivity index (χ2n) is 16.7. The van der Waals surface area contributed by atoms with Crippen molar-refractivity contribution < 1.29 is 127 Å². The van der Waals surface area contributed by atoms with Crippen molar-refractivity contribution in [2.75, 3.05) is 13.2 Å². The van der Waals surface area contributed by atoms with Crippen molar-refractivity contribution in [2.45, 2.75) is 75.3 Å². The summed E-state index contributed by atoms with van der Waals surface area (Å²) >= 11 is 0. The summed E-state index contributed by atoms with van der Waals surface area (Å²) in [6, 6.07) is -8.81. The molecule has 2 aliphatic carbocycles. The van der Waals surface area contributed by atoms with Gasteiger partial charge in [-0.1, -0.05) is 48.5 Å². The van der Waals surface area contributed by atoms with Crippen LogP contribution in [0.4, 0.5) is 105 Å². The largest absolute Gasteiger partial charge is 2.00 e. The van der Waals surface area contributed by atoms with Gasteiger partial charge in [0.05, 0.1) is 57.6 Å². The molecule has 0 unspecified atom stereocenters. The molecular formula is C48H35BF24FeOSi+2. The molecule has 76 heavy (non-hydrogen) atoms. The molecule has 1 aliphatic heterocycles. The first-order valence-corrected chi connectivity index (χ1v) is 23.7. The molecule has 1 nitrogen and oxygen atoms in total. The molecule has 4 aromatic rings. The van der Waals surface area contributed by atoms with Gasteiger partial charge in [0, 0.05) is 26.1 Å². The Bertz CT molecular complexity index is 2040. The van der Waals surface area contributed by atoms with Gasteiger partial charge in [-0.05, 0) is 82.1 Å². The smallest absolute Gasteiger partial charge is 0.381 e. The van der Waals surface area contributed by atoms with Gasteiger partial charge in [-0.2, -0.15) is 127 Å². The Labute approximate surface area is 432 Å². The van der Waals surface area contributed by atoms with Crippen LogP contribution >= 0.6 is 0 Å². The summed E-state index contributed by atoms with van der Waals surface area (Å²) in [6.07, 6.45) is -33.6. The van der Waals surface area contributed by atoms with Crippen LogP contribution in [0.5, 0.6) is 0 Å². The number of halogens is 24. The first-order chi connectivity index (χ1) is 34.1. The molecule has 3 aliphatic rings. The number of benzene rings is 4. The number of hydrogen-bond donors (Lipinski definition) is 0. The SMILES string of the molecule is C1CCOC1.C[Si+](C)[C]1[CH][CH][CH][CH]1.FC(F)(F)c1cc([B-](c2cc(C(F)(F)F)cc(C(F)(F)F)c2)(c2cc(C(F)(F)F)cc(C(F)(F)F)c2)c2cc(C(F)(F)F)cc(C(F)(F)F)c2)cc(C(F)(F)F)c1.[CH]1[CH][CH][CH][CH]1.[Fe+2]. The summed E-state index contributed by atoms with van der Waals surface area (Å²) in [5.41, 5.74) is -28.7. The Kier molecular flexibility index (Phi) is 21.8. The molecular weight excluding hydrogens is 1140 g/mol. The number of ether oxygens (including phenoxy) is 1. The van der Waals surface area contributed by atoms with E-state index in [0.29, 0.717) is 0 Å². The maximum absolute atomic E-state index is 14.2. The van der Waals surface area contributed by atoms with Gasteiger partial charge in [0.25, 0.3) is 0 Å². The van der Waals surface area contributed by atoms with Crippen molar-refractivity contribution >= 4 is 36.8 Å². The Morgan fingerprint density at radius 1 is 0.316 bits per heavy atom. The van der Waals surface area contributed by atoms with E-state index in [1.807, 2.05) is 32.1 Å². The molecule has 2 saturated carbocycles. The number of alkyl halides is 24. The van der Waals surface area contributed by atoms with Crippen molar-refractivity contribution in [3.05, 3.63) is 181 Å². The van der Waals surface area contributed by atoms with E-state index in [4.69, 9.17) is 4.74 Å². The fourth-order valence-corrected chi connectivity index (χ4v) is 8.47. The Hall–Kier alpha value is -4.04. The molecule has 0 atom stereocenters. The molecule has 4 aromatic carbocycles. The van der Waals surface area contributed by atoms with Crippen LogP contribution in [-0.4, -0.2) is 28.2 Å². The fraction of sp³-hybridized carbons (Fsp3) is 0.292. The minimum atomic E-state index is -6.13. The number of hydrogen-bond acceptors (Lipinski definition) is 1. The third kappa shape index (κ3) is 17.7. The van der Waals surface area contributed by atoms with Crippen molar-refractivity contribution in [3.8, 4) is 0 Å². The van der Waals surface area contributed by atoms with Gasteiger partial charge in [0.15, 0.2) is 0 Å². The molecule has 0 spiro atoms. The summed E-state index contributed by atoms with van der Waals surface area (Å²) in [5, 5.41) is 0. The molecule has 3 fully saturated rings. The van der Waals surface area contributed by atoms with Crippen LogP contribution in [0.3, 0.4) is 0 Å². The summed E-state index contributed by atoms with van der Waals surface area (Å²) < 4.78 is 346. The third-order valence-corrected chi connectivity index (χ3v) is 12.6. The average molecular weight is 1180 g/mol. The molecule has 0 bridgehead atoms. The predicted molar refractivity (Wildman–Crippen MR) is 230 cm³/mol. The Balaban J connectivity index is 0.000000666. The zero-order valence-corrected chi connectivity index (χ0v) is 40.5. The molecule has 1 heterocycles. The van der Waals surface area contributed by atoms with Gasteiger partial charge >= 0.3 is 75.3 Å². The first kappa shape index (κ1) is 66.2. The van der Waals surface area contributed by atoms with E-state index < -0.39 is 195 Å². The van der Waals surface area contributed by atoms with Crippen LogP contribution < -0.4 is 21.9 Å². The fourth-order valence-electron chi connectivity index (χ4n) is 7.61. The molecule has 0 aromatic heterocycles. The molecule has 414 valence electrons. The van der Waals surface area contributed by atoms with Crippen LogP contribution in [0.2, 0.25) is 13.1 Å². The van der Waals surface area contributed by atoms with E-state index in [0.717, 1.165) is 13.2 Å². The van der Waals surface area contributed by atoms with Gasteiger partial charge in [0.2, 0.25) is 0 Å². The summed E-state index contributed by atoms with van der Waals surface area (Å²) in [5.74, 6) is 0. The maximum atomic E-state index is 14.2.